The molecule has 0 heterocycles. The maximum atomic E-state index is 11.6. The Morgan fingerprint density at radius 2 is 2.19 bits per heavy atom. The Labute approximate surface area is 124 Å². The first-order valence-electron chi connectivity index (χ1n) is 5.70. The lowest BCUT2D eigenvalue weighted by molar-refractivity contribution is -0.384. The Bertz CT molecular complexity index is 611. The number of benzene rings is 1. The van der Waals surface area contributed by atoms with Crippen LogP contribution in [-0.4, -0.2) is 30.0 Å². The number of carbonyl (C=O) groups excluding carboxylic acids is 2. The van der Waals surface area contributed by atoms with E-state index in [0.717, 1.165) is 6.07 Å². The number of nitro benzene ring substituents is 1. The molecule has 0 unspecified atom stereocenters. The summed E-state index contributed by atoms with van der Waals surface area (Å²) < 4.78 is 4.70. The third-order valence-electron chi connectivity index (χ3n) is 2.27. The number of rotatable bonds is 6. The molecule has 9 heteroatoms. The van der Waals surface area contributed by atoms with Crippen LogP contribution in [0.3, 0.4) is 0 Å². The highest BCUT2D eigenvalue weighted by molar-refractivity contribution is 6.32. The fourth-order valence-electron chi connectivity index (χ4n) is 1.30. The lowest BCUT2D eigenvalue weighted by atomic mass is 10.2. The van der Waals surface area contributed by atoms with E-state index in [0.29, 0.717) is 0 Å². The van der Waals surface area contributed by atoms with Crippen molar-refractivity contribution >= 4 is 29.2 Å². The van der Waals surface area contributed by atoms with Gasteiger partial charge >= 0.3 is 5.97 Å². The number of nitriles is 1. The summed E-state index contributed by atoms with van der Waals surface area (Å²) in [7, 11) is 0. The molecule has 0 spiro atoms. The standard InChI is InChI=1S/C12H10ClN3O5/c13-9-3-2-8(6-10(9)16(19)20)12(18)21-7-11(17)15-5-1-4-14/h2-3,6H,1,5,7H2,(H,15,17). The number of esters is 1. The highest BCUT2D eigenvalue weighted by atomic mass is 35.5. The quantitative estimate of drug-likeness (QED) is 0.367. The SMILES string of the molecule is N#CCCNC(=O)COC(=O)c1ccc(Cl)c([N+](=O)[O-])c1. The molecule has 110 valence electrons. The lowest BCUT2D eigenvalue weighted by Gasteiger charge is -2.05. The number of hydrogen-bond acceptors (Lipinski definition) is 6. The smallest absolute Gasteiger partial charge is 0.338 e. The first-order valence-corrected chi connectivity index (χ1v) is 6.08. The van der Waals surface area contributed by atoms with Crippen LogP contribution in [0.2, 0.25) is 5.02 Å². The van der Waals surface area contributed by atoms with E-state index in [2.05, 4.69) is 5.32 Å². The summed E-state index contributed by atoms with van der Waals surface area (Å²) in [5.41, 5.74) is -0.513. The highest BCUT2D eigenvalue weighted by Crippen LogP contribution is 2.25. The Hall–Kier alpha value is -2.66. The monoisotopic (exact) mass is 311 g/mol. The molecule has 0 saturated carbocycles. The van der Waals surface area contributed by atoms with E-state index in [1.54, 1.807) is 0 Å². The normalized spacial score (nSPS) is 9.52. The van der Waals surface area contributed by atoms with Crippen molar-refractivity contribution in [3.05, 3.63) is 38.9 Å². The molecule has 0 aromatic heterocycles. The largest absolute Gasteiger partial charge is 0.452 e. The third kappa shape index (κ3) is 5.08. The molecule has 1 N–H and O–H groups in total. The second-order valence-electron chi connectivity index (χ2n) is 3.76. The Morgan fingerprint density at radius 1 is 1.48 bits per heavy atom. The molecule has 0 aliphatic rings. The van der Waals surface area contributed by atoms with Gasteiger partial charge in [0.2, 0.25) is 0 Å². The number of carbonyl (C=O) groups is 2. The first kappa shape index (κ1) is 16.4. The summed E-state index contributed by atoms with van der Waals surface area (Å²) in [6.07, 6.45) is 0.142. The van der Waals surface area contributed by atoms with Crippen molar-refractivity contribution in [2.45, 2.75) is 6.42 Å². The Morgan fingerprint density at radius 3 is 2.81 bits per heavy atom. The van der Waals surface area contributed by atoms with Gasteiger partial charge in [-0.1, -0.05) is 11.6 Å². The molecular formula is C12H10ClN3O5. The van der Waals surface area contributed by atoms with Crippen LogP contribution in [0.4, 0.5) is 5.69 Å². The number of hydrogen-bond donors (Lipinski definition) is 1. The third-order valence-corrected chi connectivity index (χ3v) is 2.59. The molecule has 1 aromatic carbocycles. The summed E-state index contributed by atoms with van der Waals surface area (Å²) in [4.78, 5) is 32.9. The average molecular weight is 312 g/mol. The molecule has 8 nitrogen and oxygen atoms in total. The van der Waals surface area contributed by atoms with Gasteiger partial charge < -0.3 is 10.1 Å². The second-order valence-corrected chi connectivity index (χ2v) is 4.16. The molecule has 0 aliphatic heterocycles. The van der Waals surface area contributed by atoms with Crippen molar-refractivity contribution in [2.24, 2.45) is 0 Å². The van der Waals surface area contributed by atoms with Crippen LogP contribution >= 0.6 is 11.6 Å². The van der Waals surface area contributed by atoms with Crippen molar-refractivity contribution in [3.8, 4) is 6.07 Å². The number of ether oxygens (including phenoxy) is 1. The van der Waals surface area contributed by atoms with E-state index in [9.17, 15) is 19.7 Å². The molecule has 0 radical (unpaired) electrons. The van der Waals surface area contributed by atoms with Gasteiger partial charge in [-0.15, -0.1) is 0 Å². The molecular weight excluding hydrogens is 302 g/mol. The van der Waals surface area contributed by atoms with Crippen molar-refractivity contribution < 1.29 is 19.2 Å². The van der Waals surface area contributed by atoms with E-state index < -0.39 is 29.1 Å². The number of nitrogens with one attached hydrogen (secondary N) is 1. The van der Waals surface area contributed by atoms with Gasteiger partial charge in [0, 0.05) is 12.6 Å². The van der Waals surface area contributed by atoms with Crippen LogP contribution in [0.15, 0.2) is 18.2 Å². The summed E-state index contributed by atoms with van der Waals surface area (Å²) in [5.74, 6) is -1.45. The molecule has 1 aromatic rings. The van der Waals surface area contributed by atoms with Crippen LogP contribution in [0.5, 0.6) is 0 Å². The lowest BCUT2D eigenvalue weighted by Crippen LogP contribution is -2.29. The predicted molar refractivity (Wildman–Crippen MR) is 71.6 cm³/mol. The highest BCUT2D eigenvalue weighted by Gasteiger charge is 2.17. The fourth-order valence-corrected chi connectivity index (χ4v) is 1.49. The zero-order chi connectivity index (χ0) is 15.8. The minimum Gasteiger partial charge on any atom is -0.452 e. The Balaban J connectivity index is 2.60. The summed E-state index contributed by atoms with van der Waals surface area (Å²) in [6.45, 7) is -0.389. The summed E-state index contributed by atoms with van der Waals surface area (Å²) in [5, 5.41) is 21.2. The van der Waals surface area contributed by atoms with Crippen LogP contribution < -0.4 is 5.32 Å². The van der Waals surface area contributed by atoms with Crippen LogP contribution in [0.25, 0.3) is 0 Å². The summed E-state index contributed by atoms with van der Waals surface area (Å²) in [6, 6.07) is 5.26. The maximum Gasteiger partial charge on any atom is 0.338 e. The van der Waals surface area contributed by atoms with E-state index in [1.165, 1.54) is 12.1 Å². The van der Waals surface area contributed by atoms with Gasteiger partial charge in [0.1, 0.15) is 5.02 Å². The molecule has 0 aliphatic carbocycles. The second kappa shape index (κ2) is 7.81. The van der Waals surface area contributed by atoms with Crippen molar-refractivity contribution in [1.29, 1.82) is 5.26 Å². The number of nitrogens with zero attached hydrogens (tertiary/aromatic N) is 2. The molecule has 1 rings (SSSR count). The van der Waals surface area contributed by atoms with Crippen LogP contribution in [0, 0.1) is 21.4 Å². The number of amides is 1. The van der Waals surface area contributed by atoms with Crippen molar-refractivity contribution in [2.75, 3.05) is 13.2 Å². The van der Waals surface area contributed by atoms with E-state index in [1.807, 2.05) is 6.07 Å². The molecule has 21 heavy (non-hydrogen) atoms. The number of nitro groups is 1. The van der Waals surface area contributed by atoms with Gasteiger partial charge in [0.15, 0.2) is 6.61 Å². The minimum atomic E-state index is -0.884. The first-order chi connectivity index (χ1) is 9.95. The van der Waals surface area contributed by atoms with E-state index in [-0.39, 0.29) is 23.6 Å². The maximum absolute atomic E-state index is 11.6. The predicted octanol–water partition coefficient (Wildman–Crippen LogP) is 1.43. The minimum absolute atomic E-state index is 0.0871. The Kier molecular flexibility index (Phi) is 6.10. The molecule has 0 bridgehead atoms. The van der Waals surface area contributed by atoms with Gasteiger partial charge in [-0.05, 0) is 12.1 Å². The van der Waals surface area contributed by atoms with Crippen molar-refractivity contribution in [3.63, 3.8) is 0 Å². The van der Waals surface area contributed by atoms with Gasteiger partial charge in [-0.2, -0.15) is 5.26 Å². The van der Waals surface area contributed by atoms with Crippen LogP contribution in [-0.2, 0) is 9.53 Å². The topological polar surface area (TPSA) is 122 Å². The fraction of sp³-hybridized carbons (Fsp3) is 0.250. The van der Waals surface area contributed by atoms with Gasteiger partial charge in [0.25, 0.3) is 11.6 Å². The molecule has 0 atom stereocenters. The van der Waals surface area contributed by atoms with E-state index >= 15 is 0 Å². The van der Waals surface area contributed by atoms with Crippen LogP contribution in [0.1, 0.15) is 16.8 Å². The van der Waals surface area contributed by atoms with Gasteiger partial charge in [-0.25, -0.2) is 4.79 Å². The average Bonchev–Trinajstić information content (AvgIpc) is 2.45. The zero-order valence-corrected chi connectivity index (χ0v) is 11.4. The zero-order valence-electron chi connectivity index (χ0n) is 10.7. The van der Waals surface area contributed by atoms with E-state index in [4.69, 9.17) is 21.6 Å². The van der Waals surface area contributed by atoms with Crippen molar-refractivity contribution in [1.82, 2.24) is 5.32 Å². The molecule has 0 fully saturated rings. The van der Waals surface area contributed by atoms with Gasteiger partial charge in [-0.3, -0.25) is 14.9 Å². The summed E-state index contributed by atoms with van der Waals surface area (Å²) >= 11 is 5.61. The molecule has 1 amide bonds. The molecule has 0 saturated heterocycles. The number of halogens is 1. The van der Waals surface area contributed by atoms with Gasteiger partial charge in [0.05, 0.1) is 23.0 Å².